The molecule has 0 amide bonds. The predicted octanol–water partition coefficient (Wildman–Crippen LogP) is 2.34. The average molecular weight is 357 g/mol. The summed E-state index contributed by atoms with van der Waals surface area (Å²) in [5.41, 5.74) is 2.37. The Bertz CT molecular complexity index is 1040. The van der Waals surface area contributed by atoms with Crippen LogP contribution in [0.25, 0.3) is 16.9 Å². The van der Waals surface area contributed by atoms with Gasteiger partial charge in [0, 0.05) is 11.8 Å². The van der Waals surface area contributed by atoms with Crippen LogP contribution in [0.1, 0.15) is 16.1 Å². The lowest BCUT2D eigenvalue weighted by Gasteiger charge is -2.08. The molecular weight excluding hydrogens is 342 g/mol. The molecule has 0 saturated heterocycles. The van der Waals surface area contributed by atoms with Gasteiger partial charge in [-0.2, -0.15) is 0 Å². The molecule has 0 atom stereocenters. The highest BCUT2D eigenvalue weighted by molar-refractivity contribution is 7.90. The largest absolute Gasteiger partial charge is 0.476 e. The molecule has 0 aliphatic carbocycles. The maximum Gasteiger partial charge on any atom is 0.358 e. The van der Waals surface area contributed by atoms with Crippen molar-refractivity contribution in [3.63, 3.8) is 0 Å². The van der Waals surface area contributed by atoms with Gasteiger partial charge < -0.3 is 5.11 Å². The van der Waals surface area contributed by atoms with E-state index >= 15 is 0 Å². The molecule has 0 aliphatic heterocycles. The SMILES string of the molecule is Cc1ccc(-c2c(C(=O)O)nnn2-c2ccc(S(C)(=O)=O)cc2)cc1. The minimum atomic E-state index is -3.32. The van der Waals surface area contributed by atoms with Crippen molar-refractivity contribution in [1.82, 2.24) is 15.0 Å². The third-order valence-electron chi connectivity index (χ3n) is 3.71. The molecule has 3 rings (SSSR count). The van der Waals surface area contributed by atoms with Crippen molar-refractivity contribution < 1.29 is 18.3 Å². The van der Waals surface area contributed by atoms with E-state index in [2.05, 4.69) is 10.3 Å². The summed E-state index contributed by atoms with van der Waals surface area (Å²) < 4.78 is 24.6. The molecule has 0 saturated carbocycles. The minimum absolute atomic E-state index is 0.170. The standard InChI is InChI=1S/C17H15N3O4S/c1-11-3-5-12(6-4-11)16-15(17(21)22)18-19-20(16)13-7-9-14(10-8-13)25(2,23)24/h3-10H,1-2H3,(H,21,22). The van der Waals surface area contributed by atoms with Crippen molar-refractivity contribution in [2.24, 2.45) is 0 Å². The predicted molar refractivity (Wildman–Crippen MR) is 91.6 cm³/mol. The molecule has 1 aromatic heterocycles. The van der Waals surface area contributed by atoms with E-state index in [0.717, 1.165) is 11.8 Å². The smallest absolute Gasteiger partial charge is 0.358 e. The van der Waals surface area contributed by atoms with Gasteiger partial charge in [0.1, 0.15) is 5.69 Å². The van der Waals surface area contributed by atoms with Crippen molar-refractivity contribution in [2.45, 2.75) is 11.8 Å². The Kier molecular flexibility index (Phi) is 4.13. The van der Waals surface area contributed by atoms with Crippen LogP contribution in [0.2, 0.25) is 0 Å². The summed E-state index contributed by atoms with van der Waals surface area (Å²) in [4.78, 5) is 11.7. The third-order valence-corrected chi connectivity index (χ3v) is 4.84. The van der Waals surface area contributed by atoms with E-state index in [-0.39, 0.29) is 10.6 Å². The summed E-state index contributed by atoms with van der Waals surface area (Å²) in [6, 6.07) is 13.3. The van der Waals surface area contributed by atoms with E-state index in [0.29, 0.717) is 16.9 Å². The number of benzene rings is 2. The molecule has 3 aromatic rings. The summed E-state index contributed by atoms with van der Waals surface area (Å²) in [6.45, 7) is 1.93. The van der Waals surface area contributed by atoms with Crippen molar-refractivity contribution in [1.29, 1.82) is 0 Å². The van der Waals surface area contributed by atoms with Gasteiger partial charge in [0.25, 0.3) is 0 Å². The zero-order valence-electron chi connectivity index (χ0n) is 13.5. The summed E-state index contributed by atoms with van der Waals surface area (Å²) in [7, 11) is -3.32. The lowest BCUT2D eigenvalue weighted by molar-refractivity contribution is 0.0691. The fraction of sp³-hybridized carbons (Fsp3) is 0.118. The van der Waals surface area contributed by atoms with Crippen LogP contribution in [0.15, 0.2) is 53.4 Å². The monoisotopic (exact) mass is 357 g/mol. The Morgan fingerprint density at radius 2 is 1.64 bits per heavy atom. The molecule has 1 N–H and O–H groups in total. The molecular formula is C17H15N3O4S. The minimum Gasteiger partial charge on any atom is -0.476 e. The van der Waals surface area contributed by atoms with Crippen LogP contribution in [0.3, 0.4) is 0 Å². The summed E-state index contributed by atoms with van der Waals surface area (Å²) in [5, 5.41) is 17.1. The molecule has 2 aromatic carbocycles. The summed E-state index contributed by atoms with van der Waals surface area (Å²) in [5.74, 6) is -1.19. The van der Waals surface area contributed by atoms with Crippen LogP contribution in [0.5, 0.6) is 0 Å². The number of carboxylic acid groups (broad SMARTS) is 1. The van der Waals surface area contributed by atoms with Gasteiger partial charge in [0.2, 0.25) is 0 Å². The first-order valence-corrected chi connectivity index (χ1v) is 9.23. The van der Waals surface area contributed by atoms with E-state index in [1.807, 2.05) is 19.1 Å². The van der Waals surface area contributed by atoms with Crippen LogP contribution >= 0.6 is 0 Å². The van der Waals surface area contributed by atoms with Crippen LogP contribution in [0, 0.1) is 6.92 Å². The first-order chi connectivity index (χ1) is 11.8. The van der Waals surface area contributed by atoms with Crippen LogP contribution in [-0.2, 0) is 9.84 Å². The van der Waals surface area contributed by atoms with Crippen molar-refractivity contribution in [3.05, 3.63) is 59.8 Å². The van der Waals surface area contributed by atoms with Gasteiger partial charge in [-0.05, 0) is 31.2 Å². The molecule has 8 heteroatoms. The molecule has 128 valence electrons. The molecule has 0 aliphatic rings. The number of sulfone groups is 1. The summed E-state index contributed by atoms with van der Waals surface area (Å²) in [6.07, 6.45) is 1.12. The second-order valence-electron chi connectivity index (χ2n) is 5.64. The number of aromatic nitrogens is 3. The number of nitrogens with zero attached hydrogens (tertiary/aromatic N) is 3. The molecule has 1 heterocycles. The second-order valence-corrected chi connectivity index (χ2v) is 7.65. The molecule has 0 fully saturated rings. The van der Waals surface area contributed by atoms with E-state index in [4.69, 9.17) is 0 Å². The fourth-order valence-electron chi connectivity index (χ4n) is 2.41. The second kappa shape index (κ2) is 6.14. The molecule has 0 bridgehead atoms. The maximum atomic E-state index is 11.6. The number of carboxylic acids is 1. The van der Waals surface area contributed by atoms with Gasteiger partial charge in [0.05, 0.1) is 10.6 Å². The Morgan fingerprint density at radius 1 is 1.04 bits per heavy atom. The van der Waals surface area contributed by atoms with E-state index in [1.54, 1.807) is 24.3 Å². The zero-order valence-corrected chi connectivity index (χ0v) is 14.4. The van der Waals surface area contributed by atoms with Crippen molar-refractivity contribution >= 4 is 15.8 Å². The zero-order chi connectivity index (χ0) is 18.2. The number of carbonyl (C=O) groups is 1. The highest BCUT2D eigenvalue weighted by Crippen LogP contribution is 2.26. The lowest BCUT2D eigenvalue weighted by atomic mass is 10.1. The molecule has 0 spiro atoms. The highest BCUT2D eigenvalue weighted by atomic mass is 32.2. The van der Waals surface area contributed by atoms with Crippen LogP contribution < -0.4 is 0 Å². The molecule has 0 radical (unpaired) electrons. The fourth-order valence-corrected chi connectivity index (χ4v) is 3.04. The van der Waals surface area contributed by atoms with Gasteiger partial charge in [-0.25, -0.2) is 17.9 Å². The van der Waals surface area contributed by atoms with Crippen molar-refractivity contribution in [3.8, 4) is 16.9 Å². The van der Waals surface area contributed by atoms with Gasteiger partial charge in [0.15, 0.2) is 15.5 Å². The number of aromatic carboxylic acids is 1. The number of hydrogen-bond acceptors (Lipinski definition) is 5. The first-order valence-electron chi connectivity index (χ1n) is 7.34. The molecule has 7 nitrogen and oxygen atoms in total. The topological polar surface area (TPSA) is 102 Å². The summed E-state index contributed by atoms with van der Waals surface area (Å²) >= 11 is 0. The van der Waals surface area contributed by atoms with Crippen molar-refractivity contribution in [2.75, 3.05) is 6.26 Å². The Balaban J connectivity index is 2.17. The Labute approximate surface area is 144 Å². The number of hydrogen-bond donors (Lipinski definition) is 1. The average Bonchev–Trinajstić information content (AvgIpc) is 3.00. The first kappa shape index (κ1) is 16.8. The van der Waals surface area contributed by atoms with Gasteiger partial charge in [-0.1, -0.05) is 35.0 Å². The Morgan fingerprint density at radius 3 is 2.16 bits per heavy atom. The third kappa shape index (κ3) is 3.29. The molecule has 0 unspecified atom stereocenters. The Hall–Kier alpha value is -3.00. The van der Waals surface area contributed by atoms with E-state index < -0.39 is 15.8 Å². The highest BCUT2D eigenvalue weighted by Gasteiger charge is 2.21. The van der Waals surface area contributed by atoms with Gasteiger partial charge in [-0.3, -0.25) is 0 Å². The van der Waals surface area contributed by atoms with E-state index in [1.165, 1.54) is 16.8 Å². The van der Waals surface area contributed by atoms with Gasteiger partial charge in [-0.15, -0.1) is 5.10 Å². The quantitative estimate of drug-likeness (QED) is 0.769. The van der Waals surface area contributed by atoms with E-state index in [9.17, 15) is 18.3 Å². The number of aryl methyl sites for hydroxylation is 1. The maximum absolute atomic E-state index is 11.6. The lowest BCUT2D eigenvalue weighted by Crippen LogP contribution is -2.04. The normalized spacial score (nSPS) is 11.4. The molecule has 25 heavy (non-hydrogen) atoms. The van der Waals surface area contributed by atoms with Crippen LogP contribution in [-0.4, -0.2) is 40.7 Å². The van der Waals surface area contributed by atoms with Crippen LogP contribution in [0.4, 0.5) is 0 Å². The number of rotatable bonds is 4. The van der Waals surface area contributed by atoms with Gasteiger partial charge >= 0.3 is 5.97 Å².